The van der Waals surface area contributed by atoms with E-state index in [9.17, 15) is 14.4 Å². The molecular formula is C21H24ClN3O4. The summed E-state index contributed by atoms with van der Waals surface area (Å²) in [4.78, 5) is 36.1. The molecule has 2 aromatic carbocycles. The molecular weight excluding hydrogens is 394 g/mol. The third-order valence-corrected chi connectivity index (χ3v) is 3.84. The van der Waals surface area contributed by atoms with Crippen molar-refractivity contribution in [1.29, 1.82) is 0 Å². The van der Waals surface area contributed by atoms with Gasteiger partial charge in [0.1, 0.15) is 12.1 Å². The summed E-state index contributed by atoms with van der Waals surface area (Å²) in [7, 11) is 0. The third-order valence-electron chi connectivity index (χ3n) is 3.61. The van der Waals surface area contributed by atoms with Gasteiger partial charge in [-0.2, -0.15) is 0 Å². The van der Waals surface area contributed by atoms with Crippen LogP contribution in [0.25, 0.3) is 0 Å². The summed E-state index contributed by atoms with van der Waals surface area (Å²) in [6, 6.07) is 13.7. The number of hydrogen-bond donors (Lipinski definition) is 3. The second-order valence-electron chi connectivity index (χ2n) is 7.25. The van der Waals surface area contributed by atoms with Crippen LogP contribution in [-0.4, -0.2) is 30.1 Å². The van der Waals surface area contributed by atoms with Gasteiger partial charge in [-0.15, -0.1) is 0 Å². The molecule has 0 radical (unpaired) electrons. The Morgan fingerprint density at radius 2 is 1.72 bits per heavy atom. The lowest BCUT2D eigenvalue weighted by molar-refractivity contribution is -0.115. The maximum atomic E-state index is 12.3. The molecule has 3 N–H and O–H groups in total. The SMILES string of the molecule is CC(C)(C)OC(=O)NCC(=O)Nc1ccccc1CNC(=O)c1cccc(Cl)c1. The maximum Gasteiger partial charge on any atom is 0.408 e. The summed E-state index contributed by atoms with van der Waals surface area (Å²) >= 11 is 5.91. The predicted molar refractivity (Wildman–Crippen MR) is 112 cm³/mol. The van der Waals surface area contributed by atoms with Gasteiger partial charge in [0.15, 0.2) is 0 Å². The first kappa shape index (κ1) is 22.2. The fraction of sp³-hybridized carbons (Fsp3) is 0.286. The Morgan fingerprint density at radius 1 is 1.00 bits per heavy atom. The topological polar surface area (TPSA) is 96.5 Å². The van der Waals surface area contributed by atoms with Crippen LogP contribution in [0.2, 0.25) is 5.02 Å². The van der Waals surface area contributed by atoms with Crippen molar-refractivity contribution >= 4 is 35.2 Å². The molecule has 2 aromatic rings. The molecule has 0 spiro atoms. The molecule has 0 bridgehead atoms. The van der Waals surface area contributed by atoms with Gasteiger partial charge in [0.25, 0.3) is 5.91 Å². The van der Waals surface area contributed by atoms with E-state index in [1.165, 1.54) is 0 Å². The van der Waals surface area contributed by atoms with Crippen molar-refractivity contribution in [2.24, 2.45) is 0 Å². The van der Waals surface area contributed by atoms with Crippen LogP contribution in [0.15, 0.2) is 48.5 Å². The van der Waals surface area contributed by atoms with E-state index in [4.69, 9.17) is 16.3 Å². The van der Waals surface area contributed by atoms with Gasteiger partial charge >= 0.3 is 6.09 Å². The molecule has 154 valence electrons. The van der Waals surface area contributed by atoms with Crippen LogP contribution in [-0.2, 0) is 16.1 Å². The molecule has 3 amide bonds. The van der Waals surface area contributed by atoms with Crippen molar-refractivity contribution in [1.82, 2.24) is 10.6 Å². The molecule has 0 fully saturated rings. The monoisotopic (exact) mass is 417 g/mol. The Hall–Kier alpha value is -3.06. The molecule has 0 saturated heterocycles. The lowest BCUT2D eigenvalue weighted by Crippen LogP contribution is -2.37. The van der Waals surface area contributed by atoms with E-state index in [0.29, 0.717) is 21.8 Å². The van der Waals surface area contributed by atoms with E-state index < -0.39 is 17.6 Å². The van der Waals surface area contributed by atoms with Crippen molar-refractivity contribution < 1.29 is 19.1 Å². The zero-order valence-corrected chi connectivity index (χ0v) is 17.3. The number of rotatable bonds is 6. The number of anilines is 1. The van der Waals surface area contributed by atoms with Gasteiger partial charge < -0.3 is 20.7 Å². The minimum Gasteiger partial charge on any atom is -0.444 e. The van der Waals surface area contributed by atoms with E-state index in [-0.39, 0.29) is 19.0 Å². The van der Waals surface area contributed by atoms with E-state index in [2.05, 4.69) is 16.0 Å². The molecule has 0 unspecified atom stereocenters. The number of alkyl carbamates (subject to hydrolysis) is 1. The highest BCUT2D eigenvalue weighted by Crippen LogP contribution is 2.16. The summed E-state index contributed by atoms with van der Waals surface area (Å²) in [5.74, 6) is -0.690. The van der Waals surface area contributed by atoms with Crippen LogP contribution in [0.5, 0.6) is 0 Å². The van der Waals surface area contributed by atoms with Crippen molar-refractivity contribution in [3.63, 3.8) is 0 Å². The summed E-state index contributed by atoms with van der Waals surface area (Å²) in [6.45, 7) is 5.18. The first-order valence-corrected chi connectivity index (χ1v) is 9.40. The first-order chi connectivity index (χ1) is 13.6. The highest BCUT2D eigenvalue weighted by atomic mass is 35.5. The Kier molecular flexibility index (Phi) is 7.61. The average Bonchev–Trinajstić information content (AvgIpc) is 2.64. The van der Waals surface area contributed by atoms with Crippen LogP contribution in [0.1, 0.15) is 36.7 Å². The van der Waals surface area contributed by atoms with Gasteiger partial charge in [-0.05, 0) is 50.6 Å². The van der Waals surface area contributed by atoms with E-state index in [1.54, 1.807) is 69.3 Å². The molecule has 0 heterocycles. The number of carbonyl (C=O) groups is 3. The zero-order valence-electron chi connectivity index (χ0n) is 16.5. The first-order valence-electron chi connectivity index (χ1n) is 9.02. The molecule has 8 heteroatoms. The molecule has 0 aromatic heterocycles. The number of benzene rings is 2. The summed E-state index contributed by atoms with van der Waals surface area (Å²) in [5, 5.41) is 8.39. The summed E-state index contributed by atoms with van der Waals surface area (Å²) in [6.07, 6.45) is -0.672. The number of ether oxygens (including phenoxy) is 1. The largest absolute Gasteiger partial charge is 0.444 e. The van der Waals surface area contributed by atoms with Gasteiger partial charge in [-0.3, -0.25) is 9.59 Å². The second-order valence-corrected chi connectivity index (χ2v) is 7.69. The van der Waals surface area contributed by atoms with Crippen LogP contribution in [0.4, 0.5) is 10.5 Å². The van der Waals surface area contributed by atoms with Crippen LogP contribution < -0.4 is 16.0 Å². The molecule has 0 saturated carbocycles. The number of hydrogen-bond acceptors (Lipinski definition) is 4. The minimum absolute atomic E-state index is 0.210. The van der Waals surface area contributed by atoms with E-state index in [0.717, 1.165) is 0 Å². The van der Waals surface area contributed by atoms with E-state index in [1.807, 2.05) is 0 Å². The molecule has 2 rings (SSSR count). The minimum atomic E-state index is -0.672. The highest BCUT2D eigenvalue weighted by Gasteiger charge is 2.17. The lowest BCUT2D eigenvalue weighted by atomic mass is 10.1. The average molecular weight is 418 g/mol. The van der Waals surface area contributed by atoms with Gasteiger partial charge in [0.05, 0.1) is 0 Å². The van der Waals surface area contributed by atoms with Crippen LogP contribution >= 0.6 is 11.6 Å². The number of halogens is 1. The normalized spacial score (nSPS) is 10.8. The Bertz CT molecular complexity index is 893. The quantitative estimate of drug-likeness (QED) is 0.667. The number of amides is 3. The lowest BCUT2D eigenvalue weighted by Gasteiger charge is -2.19. The van der Waals surface area contributed by atoms with Crippen LogP contribution in [0, 0.1) is 0 Å². The second kappa shape index (κ2) is 9.93. The smallest absolute Gasteiger partial charge is 0.408 e. The molecule has 0 aliphatic carbocycles. The zero-order chi connectivity index (χ0) is 21.4. The van der Waals surface area contributed by atoms with Crippen molar-refractivity contribution in [3.8, 4) is 0 Å². The van der Waals surface area contributed by atoms with Crippen molar-refractivity contribution in [2.75, 3.05) is 11.9 Å². The molecule has 0 aliphatic rings. The Labute approximate surface area is 174 Å². The molecule has 0 atom stereocenters. The molecule has 7 nitrogen and oxygen atoms in total. The summed E-state index contributed by atoms with van der Waals surface area (Å²) < 4.78 is 5.09. The number of nitrogens with one attached hydrogen (secondary N) is 3. The van der Waals surface area contributed by atoms with Crippen molar-refractivity contribution in [3.05, 3.63) is 64.7 Å². The number of carbonyl (C=O) groups excluding carboxylic acids is 3. The molecule has 0 aliphatic heterocycles. The fourth-order valence-corrected chi connectivity index (χ4v) is 2.55. The third kappa shape index (κ3) is 7.83. The van der Waals surface area contributed by atoms with Gasteiger partial charge in [0, 0.05) is 22.8 Å². The standard InChI is InChI=1S/C21H24ClN3O4/c1-21(2,3)29-20(28)24-13-18(26)25-17-10-5-4-7-15(17)12-23-19(27)14-8-6-9-16(22)11-14/h4-11H,12-13H2,1-3H3,(H,23,27)(H,24,28)(H,25,26). The van der Waals surface area contributed by atoms with Gasteiger partial charge in [-0.25, -0.2) is 4.79 Å². The predicted octanol–water partition coefficient (Wildman–Crippen LogP) is 3.73. The Balaban J connectivity index is 1.92. The van der Waals surface area contributed by atoms with Gasteiger partial charge in [-0.1, -0.05) is 35.9 Å². The van der Waals surface area contributed by atoms with Gasteiger partial charge in [0.2, 0.25) is 5.91 Å². The highest BCUT2D eigenvalue weighted by molar-refractivity contribution is 6.30. The van der Waals surface area contributed by atoms with E-state index >= 15 is 0 Å². The fourth-order valence-electron chi connectivity index (χ4n) is 2.36. The summed E-state index contributed by atoms with van der Waals surface area (Å²) in [5.41, 5.74) is 1.05. The van der Waals surface area contributed by atoms with Crippen LogP contribution in [0.3, 0.4) is 0 Å². The maximum absolute atomic E-state index is 12.3. The van der Waals surface area contributed by atoms with Crippen molar-refractivity contribution in [2.45, 2.75) is 32.9 Å². The Morgan fingerprint density at radius 3 is 2.41 bits per heavy atom. The molecule has 29 heavy (non-hydrogen) atoms. The number of para-hydroxylation sites is 1.